The third-order valence-electron chi connectivity index (χ3n) is 13.4. The molecule has 0 atom stereocenters. The summed E-state index contributed by atoms with van der Waals surface area (Å²) in [7, 11) is 0. The number of para-hydroxylation sites is 1. The maximum Gasteiger partial charge on any atom is 0.135 e. The average molecular weight is 834 g/mol. The van der Waals surface area contributed by atoms with Gasteiger partial charge in [-0.3, -0.25) is 0 Å². The van der Waals surface area contributed by atoms with Crippen molar-refractivity contribution in [2.45, 2.75) is 5.41 Å². The summed E-state index contributed by atoms with van der Waals surface area (Å²) in [4.78, 5) is 2.43. The molecule has 12 aromatic rings. The summed E-state index contributed by atoms with van der Waals surface area (Å²) in [5.74, 6) is 0. The third kappa shape index (κ3) is 5.58. The van der Waals surface area contributed by atoms with Crippen LogP contribution in [0.25, 0.3) is 75.5 Å². The number of hydrogen-bond acceptors (Lipinski definition) is 3. The Balaban J connectivity index is 0.996. The fraction of sp³-hybridized carbons (Fsp3) is 0.0164. The number of rotatable bonds is 7. The van der Waals surface area contributed by atoms with Crippen molar-refractivity contribution in [1.82, 2.24) is 0 Å². The zero-order valence-corrected chi connectivity index (χ0v) is 35.6. The van der Waals surface area contributed by atoms with Crippen LogP contribution in [0.15, 0.2) is 241 Å². The molecule has 1 aliphatic rings. The van der Waals surface area contributed by atoms with Crippen LogP contribution in [0, 0.1) is 0 Å². The largest absolute Gasteiger partial charge is 0.456 e. The number of hydrogen-bond donors (Lipinski definition) is 0. The highest BCUT2D eigenvalue weighted by molar-refractivity contribution is 7.26. The van der Waals surface area contributed by atoms with E-state index in [4.69, 9.17) is 4.42 Å². The standard InChI is InChI=1S/C61H39NOS/c1-3-16-43(17-4-1)61(44-18-5-2-6-19-44)55-26-10-7-21-49(55)53-39-47(34-35-56(53)61)62(45-32-29-40(30-33-45)41-31-36-58-54(38-41)50-22-8-11-27-57(50)63-58)46-20-13-15-42(37-46)48-24-14-25-52-51-23-9-12-28-59(51)64-60(48)52/h1-39H. The maximum atomic E-state index is 6.18. The highest BCUT2D eigenvalue weighted by Crippen LogP contribution is 2.57. The van der Waals surface area contributed by atoms with Crippen LogP contribution in [0.4, 0.5) is 17.1 Å². The van der Waals surface area contributed by atoms with E-state index < -0.39 is 5.41 Å². The van der Waals surface area contributed by atoms with Gasteiger partial charge in [0.1, 0.15) is 11.2 Å². The molecule has 64 heavy (non-hydrogen) atoms. The monoisotopic (exact) mass is 833 g/mol. The van der Waals surface area contributed by atoms with Gasteiger partial charge in [0.2, 0.25) is 0 Å². The molecule has 3 heteroatoms. The van der Waals surface area contributed by atoms with Crippen molar-refractivity contribution in [3.8, 4) is 33.4 Å². The first kappa shape index (κ1) is 36.7. The van der Waals surface area contributed by atoms with E-state index in [-0.39, 0.29) is 0 Å². The highest BCUT2D eigenvalue weighted by Gasteiger charge is 2.46. The predicted molar refractivity (Wildman–Crippen MR) is 269 cm³/mol. The quantitative estimate of drug-likeness (QED) is 0.159. The highest BCUT2D eigenvalue weighted by atomic mass is 32.1. The van der Waals surface area contributed by atoms with Crippen LogP contribution in [0.1, 0.15) is 22.3 Å². The predicted octanol–water partition coefficient (Wildman–Crippen LogP) is 17.1. The molecule has 1 aliphatic carbocycles. The summed E-state index contributed by atoms with van der Waals surface area (Å²) in [5.41, 5.74) is 17.0. The first-order chi connectivity index (χ1) is 31.7. The molecule has 2 nitrogen and oxygen atoms in total. The second kappa shape index (κ2) is 14.6. The van der Waals surface area contributed by atoms with Crippen molar-refractivity contribution < 1.29 is 4.42 Å². The van der Waals surface area contributed by atoms with Gasteiger partial charge in [-0.15, -0.1) is 11.3 Å². The Morgan fingerprint density at radius 3 is 1.78 bits per heavy atom. The minimum Gasteiger partial charge on any atom is -0.456 e. The van der Waals surface area contributed by atoms with Crippen LogP contribution in [0.2, 0.25) is 0 Å². The summed E-state index contributed by atoms with van der Waals surface area (Å²) in [6, 6.07) is 86.6. The number of fused-ring (bicyclic) bond motifs is 9. The molecule has 0 aliphatic heterocycles. The van der Waals surface area contributed by atoms with Gasteiger partial charge in [0.15, 0.2) is 0 Å². The van der Waals surface area contributed by atoms with Crippen molar-refractivity contribution >= 4 is 70.5 Å². The van der Waals surface area contributed by atoms with Gasteiger partial charge in [0, 0.05) is 48.0 Å². The van der Waals surface area contributed by atoms with Crippen LogP contribution >= 0.6 is 11.3 Å². The van der Waals surface area contributed by atoms with E-state index in [9.17, 15) is 0 Å². The minimum absolute atomic E-state index is 0.469. The summed E-state index contributed by atoms with van der Waals surface area (Å²) in [5, 5.41) is 4.87. The zero-order valence-electron chi connectivity index (χ0n) is 34.8. The number of thiophene rings is 1. The average Bonchev–Trinajstić information content (AvgIpc) is 4.03. The van der Waals surface area contributed by atoms with Crippen LogP contribution in [-0.2, 0) is 5.41 Å². The lowest BCUT2D eigenvalue weighted by atomic mass is 9.68. The molecule has 0 spiro atoms. The van der Waals surface area contributed by atoms with E-state index in [0.717, 1.165) is 50.1 Å². The molecule has 0 saturated carbocycles. The molecule has 0 radical (unpaired) electrons. The molecule has 2 heterocycles. The lowest BCUT2D eigenvalue weighted by molar-refractivity contribution is 0.669. The molecule has 0 saturated heterocycles. The Morgan fingerprint density at radius 1 is 0.344 bits per heavy atom. The van der Waals surface area contributed by atoms with Crippen LogP contribution in [0.5, 0.6) is 0 Å². The van der Waals surface area contributed by atoms with Gasteiger partial charge >= 0.3 is 0 Å². The van der Waals surface area contributed by atoms with E-state index in [1.807, 2.05) is 23.5 Å². The number of nitrogens with zero attached hydrogens (tertiary/aromatic N) is 1. The van der Waals surface area contributed by atoms with Crippen LogP contribution in [0.3, 0.4) is 0 Å². The van der Waals surface area contributed by atoms with Gasteiger partial charge < -0.3 is 9.32 Å². The van der Waals surface area contributed by atoms with Crippen molar-refractivity contribution in [1.29, 1.82) is 0 Å². The number of benzene rings is 10. The fourth-order valence-corrected chi connectivity index (χ4v) is 11.8. The fourth-order valence-electron chi connectivity index (χ4n) is 10.5. The number of furan rings is 1. The molecule has 0 N–H and O–H groups in total. The number of anilines is 3. The zero-order chi connectivity index (χ0) is 42.2. The second-order valence-corrected chi connectivity index (χ2v) is 17.8. The molecule has 300 valence electrons. The molecular formula is C61H39NOS. The molecule has 0 unspecified atom stereocenters. The van der Waals surface area contributed by atoms with Crippen LogP contribution < -0.4 is 4.90 Å². The summed E-state index contributed by atoms with van der Waals surface area (Å²) in [6.45, 7) is 0. The van der Waals surface area contributed by atoms with Gasteiger partial charge in [-0.1, -0.05) is 176 Å². The summed E-state index contributed by atoms with van der Waals surface area (Å²) < 4.78 is 8.80. The maximum absolute atomic E-state index is 6.18. The molecule has 0 amide bonds. The summed E-state index contributed by atoms with van der Waals surface area (Å²) >= 11 is 1.87. The molecule has 2 aromatic heterocycles. The molecule has 13 rings (SSSR count). The first-order valence-corrected chi connectivity index (χ1v) is 22.7. The van der Waals surface area contributed by atoms with Crippen molar-refractivity contribution in [2.24, 2.45) is 0 Å². The smallest absolute Gasteiger partial charge is 0.135 e. The Morgan fingerprint density at radius 2 is 0.953 bits per heavy atom. The van der Waals surface area contributed by atoms with Crippen LogP contribution in [-0.4, -0.2) is 0 Å². The van der Waals surface area contributed by atoms with Gasteiger partial charge in [-0.05, 0) is 116 Å². The van der Waals surface area contributed by atoms with E-state index in [2.05, 4.69) is 229 Å². The first-order valence-electron chi connectivity index (χ1n) is 21.9. The van der Waals surface area contributed by atoms with Crippen molar-refractivity contribution in [3.63, 3.8) is 0 Å². The van der Waals surface area contributed by atoms with E-state index in [0.29, 0.717) is 0 Å². The van der Waals surface area contributed by atoms with E-state index in [1.54, 1.807) is 0 Å². The minimum atomic E-state index is -0.469. The van der Waals surface area contributed by atoms with Crippen molar-refractivity contribution in [2.75, 3.05) is 4.90 Å². The summed E-state index contributed by atoms with van der Waals surface area (Å²) in [6.07, 6.45) is 0. The Bertz CT molecular complexity index is 3690. The van der Waals surface area contributed by atoms with E-state index >= 15 is 0 Å². The van der Waals surface area contributed by atoms with Gasteiger partial charge in [-0.2, -0.15) is 0 Å². The van der Waals surface area contributed by atoms with Crippen molar-refractivity contribution in [3.05, 3.63) is 259 Å². The molecule has 0 fully saturated rings. The Hall–Kier alpha value is -7.98. The van der Waals surface area contributed by atoms with E-state index in [1.165, 1.54) is 64.7 Å². The SMILES string of the molecule is c1ccc(C2(c3ccccc3)c3ccccc3-c3cc(N(c4ccc(-c5ccc6oc7ccccc7c6c5)cc4)c4cccc(-c5cccc6c5sc5ccccc56)c4)ccc32)cc1. The lowest BCUT2D eigenvalue weighted by Gasteiger charge is -2.34. The van der Waals surface area contributed by atoms with Gasteiger partial charge in [0.05, 0.1) is 5.41 Å². The molecular weight excluding hydrogens is 795 g/mol. The lowest BCUT2D eigenvalue weighted by Crippen LogP contribution is -2.28. The normalized spacial score (nSPS) is 12.8. The molecule has 0 bridgehead atoms. The Kier molecular flexibility index (Phi) is 8.34. The van der Waals surface area contributed by atoms with Gasteiger partial charge in [0.25, 0.3) is 0 Å². The topological polar surface area (TPSA) is 16.4 Å². The Labute approximate surface area is 375 Å². The third-order valence-corrected chi connectivity index (χ3v) is 14.6. The molecule has 10 aromatic carbocycles. The van der Waals surface area contributed by atoms with Gasteiger partial charge in [-0.25, -0.2) is 0 Å². The second-order valence-electron chi connectivity index (χ2n) is 16.8.